The third-order valence-electron chi connectivity index (χ3n) is 3.60. The molecule has 4 nitrogen and oxygen atoms in total. The Morgan fingerprint density at radius 3 is 2.71 bits per heavy atom. The van der Waals surface area contributed by atoms with E-state index >= 15 is 0 Å². The molecule has 2 N–H and O–H groups in total. The van der Waals surface area contributed by atoms with E-state index in [0.29, 0.717) is 6.04 Å². The van der Waals surface area contributed by atoms with Crippen molar-refractivity contribution in [1.29, 1.82) is 0 Å². The minimum absolute atomic E-state index is 0.0355. The van der Waals surface area contributed by atoms with Crippen molar-refractivity contribution in [3.05, 3.63) is 22.4 Å². The van der Waals surface area contributed by atoms with Gasteiger partial charge in [-0.2, -0.15) is 11.3 Å². The highest BCUT2D eigenvalue weighted by Gasteiger charge is 2.22. The molecule has 1 heterocycles. The Labute approximate surface area is 131 Å². The maximum Gasteiger partial charge on any atom is 0.408 e. The second-order valence-corrected chi connectivity index (χ2v) is 7.43. The van der Waals surface area contributed by atoms with Crippen LogP contribution in [0.1, 0.15) is 58.1 Å². The lowest BCUT2D eigenvalue weighted by Crippen LogP contribution is -2.40. The van der Waals surface area contributed by atoms with Gasteiger partial charge in [-0.1, -0.05) is 12.8 Å². The Balaban J connectivity index is 1.91. The fourth-order valence-corrected chi connectivity index (χ4v) is 3.30. The number of amides is 1. The predicted octanol–water partition coefficient (Wildman–Crippen LogP) is 3.85. The molecule has 2 rings (SSSR count). The standard InChI is InChI=1S/C16H26N2O2S/c1-16(2,3)20-15(19)18-14(12-8-9-21-11-12)10-17-13-6-4-5-7-13/h8-9,11,13-14,17H,4-7,10H2,1-3H3,(H,18,19)/t14-/m0/s1. The first-order valence-electron chi connectivity index (χ1n) is 7.69. The summed E-state index contributed by atoms with van der Waals surface area (Å²) in [6.45, 7) is 6.38. The number of alkyl carbamates (subject to hydrolysis) is 1. The van der Waals surface area contributed by atoms with Gasteiger partial charge in [0.05, 0.1) is 6.04 Å². The summed E-state index contributed by atoms with van der Waals surface area (Å²) >= 11 is 1.65. The van der Waals surface area contributed by atoms with Gasteiger partial charge < -0.3 is 15.4 Å². The van der Waals surface area contributed by atoms with Crippen LogP contribution in [0.3, 0.4) is 0 Å². The molecular weight excluding hydrogens is 284 g/mol. The van der Waals surface area contributed by atoms with Crippen molar-refractivity contribution in [1.82, 2.24) is 10.6 Å². The zero-order valence-corrected chi connectivity index (χ0v) is 14.0. The molecule has 118 valence electrons. The fourth-order valence-electron chi connectivity index (χ4n) is 2.59. The van der Waals surface area contributed by atoms with Crippen molar-refractivity contribution in [3.8, 4) is 0 Å². The van der Waals surface area contributed by atoms with Gasteiger partial charge in [0.1, 0.15) is 5.60 Å². The molecule has 1 aromatic rings. The summed E-state index contributed by atoms with van der Waals surface area (Å²) in [5.74, 6) is 0. The number of hydrogen-bond acceptors (Lipinski definition) is 4. The number of rotatable bonds is 5. The summed E-state index contributed by atoms with van der Waals surface area (Å²) in [6.07, 6.45) is 4.73. The summed E-state index contributed by atoms with van der Waals surface area (Å²) in [6, 6.07) is 2.61. The monoisotopic (exact) mass is 310 g/mol. The quantitative estimate of drug-likeness (QED) is 0.868. The maximum atomic E-state index is 12.0. The lowest BCUT2D eigenvalue weighted by molar-refractivity contribution is 0.0502. The van der Waals surface area contributed by atoms with E-state index in [0.717, 1.165) is 12.1 Å². The molecule has 1 aliphatic carbocycles. The third kappa shape index (κ3) is 5.67. The highest BCUT2D eigenvalue weighted by atomic mass is 32.1. The third-order valence-corrected chi connectivity index (χ3v) is 4.30. The summed E-state index contributed by atoms with van der Waals surface area (Å²) in [5.41, 5.74) is 0.665. The molecule has 1 fully saturated rings. The lowest BCUT2D eigenvalue weighted by Gasteiger charge is -2.24. The molecule has 1 aliphatic rings. The normalized spacial score (nSPS) is 17.7. The molecule has 1 amide bonds. The van der Waals surface area contributed by atoms with Gasteiger partial charge >= 0.3 is 6.09 Å². The summed E-state index contributed by atoms with van der Waals surface area (Å²) in [5, 5.41) is 10.7. The summed E-state index contributed by atoms with van der Waals surface area (Å²) < 4.78 is 5.36. The van der Waals surface area contributed by atoms with E-state index in [1.807, 2.05) is 26.2 Å². The van der Waals surface area contributed by atoms with Crippen LogP contribution in [0.2, 0.25) is 0 Å². The number of carbonyl (C=O) groups excluding carboxylic acids is 1. The van der Waals surface area contributed by atoms with Crippen LogP contribution in [0.25, 0.3) is 0 Å². The van der Waals surface area contributed by atoms with E-state index in [1.165, 1.54) is 25.7 Å². The second-order valence-electron chi connectivity index (χ2n) is 6.65. The number of hydrogen-bond donors (Lipinski definition) is 2. The second kappa shape index (κ2) is 7.27. The van der Waals surface area contributed by atoms with Gasteiger partial charge in [0.25, 0.3) is 0 Å². The van der Waals surface area contributed by atoms with Gasteiger partial charge in [-0.25, -0.2) is 4.79 Å². The largest absolute Gasteiger partial charge is 0.444 e. The summed E-state index contributed by atoms with van der Waals surface area (Å²) in [7, 11) is 0. The van der Waals surface area contributed by atoms with Crippen LogP contribution in [0.4, 0.5) is 4.79 Å². The number of thiophene rings is 1. The highest BCUT2D eigenvalue weighted by molar-refractivity contribution is 7.07. The van der Waals surface area contributed by atoms with Crippen LogP contribution < -0.4 is 10.6 Å². The Bertz CT molecular complexity index is 434. The Morgan fingerprint density at radius 1 is 1.43 bits per heavy atom. The van der Waals surface area contributed by atoms with Gasteiger partial charge in [-0.15, -0.1) is 0 Å². The molecular formula is C16H26N2O2S. The average molecular weight is 310 g/mol. The molecule has 0 unspecified atom stereocenters. The van der Waals surface area contributed by atoms with Gasteiger partial charge in [0.2, 0.25) is 0 Å². The Morgan fingerprint density at radius 2 is 2.14 bits per heavy atom. The SMILES string of the molecule is CC(C)(C)OC(=O)N[C@@H](CNC1CCCC1)c1ccsc1. The van der Waals surface area contributed by atoms with Crippen LogP contribution in [0, 0.1) is 0 Å². The van der Waals surface area contributed by atoms with Crippen molar-refractivity contribution < 1.29 is 9.53 Å². The van der Waals surface area contributed by atoms with Gasteiger partial charge in [-0.3, -0.25) is 0 Å². The molecule has 1 atom stereocenters. The fraction of sp³-hybridized carbons (Fsp3) is 0.688. The van der Waals surface area contributed by atoms with Crippen molar-refractivity contribution >= 4 is 17.4 Å². The van der Waals surface area contributed by atoms with Crippen LogP contribution in [-0.2, 0) is 4.74 Å². The topological polar surface area (TPSA) is 50.4 Å². The number of carbonyl (C=O) groups is 1. The van der Waals surface area contributed by atoms with E-state index in [2.05, 4.69) is 22.1 Å². The minimum Gasteiger partial charge on any atom is -0.444 e. The van der Waals surface area contributed by atoms with Crippen LogP contribution >= 0.6 is 11.3 Å². The van der Waals surface area contributed by atoms with E-state index in [-0.39, 0.29) is 12.1 Å². The van der Waals surface area contributed by atoms with Crippen LogP contribution in [0.5, 0.6) is 0 Å². The van der Waals surface area contributed by atoms with E-state index in [4.69, 9.17) is 4.74 Å². The van der Waals surface area contributed by atoms with Gasteiger partial charge in [0, 0.05) is 12.6 Å². The van der Waals surface area contributed by atoms with Crippen molar-refractivity contribution in [3.63, 3.8) is 0 Å². The molecule has 0 bridgehead atoms. The molecule has 21 heavy (non-hydrogen) atoms. The smallest absolute Gasteiger partial charge is 0.408 e. The van der Waals surface area contributed by atoms with Gasteiger partial charge in [-0.05, 0) is 56.0 Å². The van der Waals surface area contributed by atoms with Crippen LogP contribution in [0.15, 0.2) is 16.8 Å². The number of ether oxygens (including phenoxy) is 1. The molecule has 0 aliphatic heterocycles. The van der Waals surface area contributed by atoms with Crippen LogP contribution in [-0.4, -0.2) is 24.3 Å². The van der Waals surface area contributed by atoms with E-state index in [9.17, 15) is 4.79 Å². The van der Waals surface area contributed by atoms with Crippen molar-refractivity contribution in [2.75, 3.05) is 6.54 Å². The number of nitrogens with one attached hydrogen (secondary N) is 2. The predicted molar refractivity (Wildman–Crippen MR) is 86.7 cm³/mol. The van der Waals surface area contributed by atoms with Crippen molar-refractivity contribution in [2.45, 2.75) is 64.1 Å². The molecule has 0 radical (unpaired) electrons. The van der Waals surface area contributed by atoms with E-state index < -0.39 is 5.60 Å². The first kappa shape index (κ1) is 16.3. The highest BCUT2D eigenvalue weighted by Crippen LogP contribution is 2.20. The van der Waals surface area contributed by atoms with Gasteiger partial charge in [0.15, 0.2) is 0 Å². The minimum atomic E-state index is -0.470. The van der Waals surface area contributed by atoms with Crippen molar-refractivity contribution in [2.24, 2.45) is 0 Å². The zero-order chi connectivity index (χ0) is 15.3. The first-order chi connectivity index (χ1) is 9.94. The first-order valence-corrected chi connectivity index (χ1v) is 8.63. The molecule has 0 aromatic carbocycles. The molecule has 1 aromatic heterocycles. The zero-order valence-electron chi connectivity index (χ0n) is 13.1. The molecule has 1 saturated carbocycles. The lowest BCUT2D eigenvalue weighted by atomic mass is 10.1. The summed E-state index contributed by atoms with van der Waals surface area (Å²) in [4.78, 5) is 12.0. The average Bonchev–Trinajstić information content (AvgIpc) is 3.05. The Kier molecular flexibility index (Phi) is 5.65. The Hall–Kier alpha value is -1.07. The molecule has 5 heteroatoms. The molecule has 0 spiro atoms. The van der Waals surface area contributed by atoms with E-state index in [1.54, 1.807) is 11.3 Å². The maximum absolute atomic E-state index is 12.0. The molecule has 0 saturated heterocycles.